The third kappa shape index (κ3) is 2.71. The lowest BCUT2D eigenvalue weighted by Crippen LogP contribution is -2.08. The molecule has 1 aromatic heterocycles. The molecule has 0 aliphatic heterocycles. The maximum absolute atomic E-state index is 11.1. The molecule has 0 atom stereocenters. The Hall–Kier alpha value is -2.56. The number of anilines is 3. The number of benzene rings is 1. The van der Waals surface area contributed by atoms with Gasteiger partial charge in [-0.2, -0.15) is 0 Å². The van der Waals surface area contributed by atoms with Gasteiger partial charge in [-0.1, -0.05) is 32.0 Å². The summed E-state index contributed by atoms with van der Waals surface area (Å²) in [5.74, 6) is -0.370. The average molecular weight is 271 g/mol. The van der Waals surface area contributed by atoms with Crippen LogP contribution >= 0.6 is 0 Å². The monoisotopic (exact) mass is 271 g/mol. The lowest BCUT2D eigenvalue weighted by Gasteiger charge is -2.15. The van der Waals surface area contributed by atoms with Crippen LogP contribution in [0.3, 0.4) is 0 Å². The zero-order valence-corrected chi connectivity index (χ0v) is 11.4. The Morgan fingerprint density at radius 3 is 2.65 bits per heavy atom. The third-order valence-corrected chi connectivity index (χ3v) is 3.06. The van der Waals surface area contributed by atoms with Gasteiger partial charge >= 0.3 is 5.97 Å². The van der Waals surface area contributed by atoms with Crippen molar-refractivity contribution in [2.75, 3.05) is 11.1 Å². The van der Waals surface area contributed by atoms with Crippen molar-refractivity contribution in [2.45, 2.75) is 19.8 Å². The number of nitrogen functional groups attached to an aromatic ring is 1. The average Bonchev–Trinajstić information content (AvgIpc) is 2.41. The fraction of sp³-hybridized carbons (Fsp3) is 0.200. The lowest BCUT2D eigenvalue weighted by molar-refractivity contribution is 0.0698. The van der Waals surface area contributed by atoms with Gasteiger partial charge in [0.1, 0.15) is 0 Å². The van der Waals surface area contributed by atoms with E-state index in [1.54, 1.807) is 0 Å². The second kappa shape index (κ2) is 5.61. The van der Waals surface area contributed by atoms with E-state index in [0.717, 1.165) is 11.3 Å². The number of aromatic carboxylic acids is 1. The SMILES string of the molecule is CC(C)c1ccccc1Nc1nccc(C(=O)O)c1N. The molecule has 0 saturated heterocycles. The number of hydrogen-bond acceptors (Lipinski definition) is 4. The molecule has 5 heteroatoms. The van der Waals surface area contributed by atoms with Gasteiger partial charge in [-0.3, -0.25) is 0 Å². The van der Waals surface area contributed by atoms with Crippen LogP contribution in [0.15, 0.2) is 36.5 Å². The Bertz CT molecular complexity index is 639. The summed E-state index contributed by atoms with van der Waals surface area (Å²) in [6, 6.07) is 9.20. The van der Waals surface area contributed by atoms with E-state index in [-0.39, 0.29) is 11.3 Å². The van der Waals surface area contributed by atoms with Crippen LogP contribution in [0.1, 0.15) is 35.7 Å². The van der Waals surface area contributed by atoms with Crippen molar-refractivity contribution in [1.29, 1.82) is 0 Å². The topological polar surface area (TPSA) is 88.2 Å². The molecule has 0 unspecified atom stereocenters. The largest absolute Gasteiger partial charge is 0.478 e. The normalized spacial score (nSPS) is 10.6. The van der Waals surface area contributed by atoms with Gasteiger partial charge < -0.3 is 16.2 Å². The number of carboxylic acids is 1. The van der Waals surface area contributed by atoms with E-state index in [4.69, 9.17) is 10.8 Å². The molecule has 104 valence electrons. The van der Waals surface area contributed by atoms with Crippen LogP contribution in [0.25, 0.3) is 0 Å². The summed E-state index contributed by atoms with van der Waals surface area (Å²) in [5, 5.41) is 12.2. The molecular formula is C15H17N3O2. The second-order valence-electron chi connectivity index (χ2n) is 4.79. The van der Waals surface area contributed by atoms with E-state index >= 15 is 0 Å². The summed E-state index contributed by atoms with van der Waals surface area (Å²) in [7, 11) is 0. The summed E-state index contributed by atoms with van der Waals surface area (Å²) in [6.45, 7) is 4.18. The number of carbonyl (C=O) groups is 1. The number of nitrogens with zero attached hydrogens (tertiary/aromatic N) is 1. The number of para-hydroxylation sites is 1. The maximum atomic E-state index is 11.1. The van der Waals surface area contributed by atoms with Crippen molar-refractivity contribution in [2.24, 2.45) is 0 Å². The van der Waals surface area contributed by atoms with Crippen molar-refractivity contribution in [3.63, 3.8) is 0 Å². The highest BCUT2D eigenvalue weighted by atomic mass is 16.4. The molecule has 0 spiro atoms. The predicted octanol–water partition coefficient (Wildman–Crippen LogP) is 3.23. The van der Waals surface area contributed by atoms with Crippen molar-refractivity contribution < 1.29 is 9.90 Å². The van der Waals surface area contributed by atoms with Gasteiger partial charge in [0.15, 0.2) is 5.82 Å². The molecular weight excluding hydrogens is 254 g/mol. The van der Waals surface area contributed by atoms with Gasteiger partial charge in [0.2, 0.25) is 0 Å². The fourth-order valence-corrected chi connectivity index (χ4v) is 2.00. The minimum Gasteiger partial charge on any atom is -0.478 e. The molecule has 2 aromatic rings. The van der Waals surface area contributed by atoms with E-state index in [2.05, 4.69) is 24.1 Å². The number of hydrogen-bond donors (Lipinski definition) is 3. The molecule has 4 N–H and O–H groups in total. The molecule has 2 rings (SSSR count). The van der Waals surface area contributed by atoms with Crippen molar-refractivity contribution in [3.05, 3.63) is 47.7 Å². The highest BCUT2D eigenvalue weighted by Gasteiger charge is 2.14. The molecule has 1 aromatic carbocycles. The van der Waals surface area contributed by atoms with Crippen LogP contribution < -0.4 is 11.1 Å². The Morgan fingerprint density at radius 1 is 1.30 bits per heavy atom. The minimum absolute atomic E-state index is 0.0459. The summed E-state index contributed by atoms with van der Waals surface area (Å²) in [6.07, 6.45) is 1.43. The van der Waals surface area contributed by atoms with Crippen LogP contribution in [-0.4, -0.2) is 16.1 Å². The van der Waals surface area contributed by atoms with Gasteiger partial charge in [-0.05, 0) is 23.6 Å². The number of nitrogens with two attached hydrogens (primary N) is 1. The lowest BCUT2D eigenvalue weighted by atomic mass is 10.0. The third-order valence-electron chi connectivity index (χ3n) is 3.06. The first-order valence-corrected chi connectivity index (χ1v) is 6.34. The highest BCUT2D eigenvalue weighted by molar-refractivity contribution is 5.96. The molecule has 0 fully saturated rings. The zero-order valence-electron chi connectivity index (χ0n) is 11.4. The molecule has 0 saturated carbocycles. The Kier molecular flexibility index (Phi) is 3.89. The van der Waals surface area contributed by atoms with Crippen molar-refractivity contribution >= 4 is 23.2 Å². The molecule has 0 amide bonds. The van der Waals surface area contributed by atoms with Crippen LogP contribution in [-0.2, 0) is 0 Å². The zero-order chi connectivity index (χ0) is 14.7. The van der Waals surface area contributed by atoms with Crippen LogP contribution in [0, 0.1) is 0 Å². The molecule has 0 aliphatic rings. The van der Waals surface area contributed by atoms with Crippen LogP contribution in [0.2, 0.25) is 0 Å². The first kappa shape index (κ1) is 13.9. The van der Waals surface area contributed by atoms with Gasteiger partial charge in [0.25, 0.3) is 0 Å². The minimum atomic E-state index is -1.06. The number of rotatable bonds is 4. The molecule has 1 heterocycles. The number of carboxylic acid groups (broad SMARTS) is 1. The smallest absolute Gasteiger partial charge is 0.337 e. The van der Waals surface area contributed by atoms with E-state index in [1.165, 1.54) is 12.3 Å². The highest BCUT2D eigenvalue weighted by Crippen LogP contribution is 2.29. The fourth-order valence-electron chi connectivity index (χ4n) is 2.00. The first-order chi connectivity index (χ1) is 9.50. The van der Waals surface area contributed by atoms with Crippen molar-refractivity contribution in [3.8, 4) is 0 Å². The Labute approximate surface area is 117 Å². The van der Waals surface area contributed by atoms with E-state index < -0.39 is 5.97 Å². The molecule has 20 heavy (non-hydrogen) atoms. The predicted molar refractivity (Wildman–Crippen MR) is 79.4 cm³/mol. The Morgan fingerprint density at radius 2 is 2.00 bits per heavy atom. The summed E-state index contributed by atoms with van der Waals surface area (Å²) in [4.78, 5) is 15.2. The molecule has 5 nitrogen and oxygen atoms in total. The second-order valence-corrected chi connectivity index (χ2v) is 4.79. The molecule has 0 bridgehead atoms. The van der Waals surface area contributed by atoms with Crippen molar-refractivity contribution in [1.82, 2.24) is 4.98 Å². The number of aromatic nitrogens is 1. The first-order valence-electron chi connectivity index (χ1n) is 6.34. The van der Waals surface area contributed by atoms with Gasteiger partial charge in [-0.25, -0.2) is 9.78 Å². The van der Waals surface area contributed by atoms with E-state index in [9.17, 15) is 4.79 Å². The summed E-state index contributed by atoms with van der Waals surface area (Å²) < 4.78 is 0. The number of pyridine rings is 1. The maximum Gasteiger partial charge on any atom is 0.337 e. The van der Waals surface area contributed by atoms with Gasteiger partial charge in [0.05, 0.1) is 11.3 Å². The quantitative estimate of drug-likeness (QED) is 0.794. The molecule has 0 aliphatic carbocycles. The Balaban J connectivity index is 2.41. The van der Waals surface area contributed by atoms with E-state index in [1.807, 2.05) is 24.3 Å². The van der Waals surface area contributed by atoms with Crippen LogP contribution in [0.4, 0.5) is 17.2 Å². The summed E-state index contributed by atoms with van der Waals surface area (Å²) >= 11 is 0. The summed E-state index contributed by atoms with van der Waals surface area (Å²) in [5.41, 5.74) is 8.03. The molecule has 0 radical (unpaired) electrons. The van der Waals surface area contributed by atoms with E-state index in [0.29, 0.717) is 11.7 Å². The van der Waals surface area contributed by atoms with Crippen LogP contribution in [0.5, 0.6) is 0 Å². The van der Waals surface area contributed by atoms with Gasteiger partial charge in [-0.15, -0.1) is 0 Å². The number of nitrogens with one attached hydrogen (secondary N) is 1. The standard InChI is InChI=1S/C15H17N3O2/c1-9(2)10-5-3-4-6-12(10)18-14-13(16)11(15(19)20)7-8-17-14/h3-9H,16H2,1-2H3,(H,17,18)(H,19,20). The van der Waals surface area contributed by atoms with Gasteiger partial charge in [0, 0.05) is 11.9 Å².